The third kappa shape index (κ3) is 4.85. The molecule has 3 aromatic rings. The molecule has 1 atom stereocenters. The van der Waals surface area contributed by atoms with Gasteiger partial charge < -0.3 is 10.5 Å². The van der Waals surface area contributed by atoms with Crippen LogP contribution in [-0.4, -0.2) is 22.1 Å². The highest BCUT2D eigenvalue weighted by atomic mass is 19.3. The Bertz CT molecular complexity index is 1010. The first kappa shape index (κ1) is 21.0. The molecule has 0 aliphatic carbocycles. The van der Waals surface area contributed by atoms with Crippen molar-refractivity contribution in [1.29, 1.82) is 0 Å². The van der Waals surface area contributed by atoms with Crippen LogP contribution in [0.1, 0.15) is 39.2 Å². The lowest BCUT2D eigenvalue weighted by Crippen LogP contribution is -2.43. The van der Waals surface area contributed by atoms with E-state index in [4.69, 9.17) is 10.5 Å². The zero-order valence-corrected chi connectivity index (χ0v) is 16.6. The predicted octanol–water partition coefficient (Wildman–Crippen LogP) is 5.52. The molecule has 2 N–H and O–H groups in total. The molecule has 0 saturated carbocycles. The highest BCUT2D eigenvalue weighted by molar-refractivity contribution is 5.94. The fraction of sp³-hybridized carbons (Fsp3) is 0.364. The molecule has 0 aliphatic heterocycles. The van der Waals surface area contributed by atoms with Gasteiger partial charge in [0, 0.05) is 28.9 Å². The minimum absolute atomic E-state index is 0.0701. The van der Waals surface area contributed by atoms with Crippen molar-refractivity contribution in [2.24, 2.45) is 11.7 Å². The van der Waals surface area contributed by atoms with Gasteiger partial charge in [-0.25, -0.2) is 18.2 Å². The highest BCUT2D eigenvalue weighted by Gasteiger charge is 2.24. The predicted molar refractivity (Wildman–Crippen MR) is 107 cm³/mol. The van der Waals surface area contributed by atoms with E-state index in [0.717, 1.165) is 0 Å². The number of alkyl halides is 2. The number of pyridine rings is 2. The summed E-state index contributed by atoms with van der Waals surface area (Å²) >= 11 is 0. The molecule has 0 radical (unpaired) electrons. The molecule has 0 saturated heterocycles. The molecule has 7 heteroatoms. The molecule has 3 rings (SSSR count). The number of ether oxygens (including phenoxy) is 1. The quantitative estimate of drug-likeness (QED) is 0.565. The number of rotatable bonds is 7. The van der Waals surface area contributed by atoms with Crippen LogP contribution in [0.2, 0.25) is 0 Å². The monoisotopic (exact) mass is 403 g/mol. The average molecular weight is 403 g/mol. The zero-order valence-electron chi connectivity index (χ0n) is 16.6. The van der Waals surface area contributed by atoms with Crippen LogP contribution in [0.3, 0.4) is 0 Å². The molecule has 1 aromatic carbocycles. The Morgan fingerprint density at radius 1 is 1.17 bits per heavy atom. The van der Waals surface area contributed by atoms with Crippen LogP contribution in [0.4, 0.5) is 13.2 Å². The van der Waals surface area contributed by atoms with E-state index in [9.17, 15) is 13.2 Å². The van der Waals surface area contributed by atoms with E-state index in [1.54, 1.807) is 18.2 Å². The van der Waals surface area contributed by atoms with Gasteiger partial charge in [0.1, 0.15) is 17.9 Å². The summed E-state index contributed by atoms with van der Waals surface area (Å²) in [5.41, 5.74) is 6.40. The van der Waals surface area contributed by atoms with E-state index in [1.165, 1.54) is 24.5 Å². The summed E-state index contributed by atoms with van der Waals surface area (Å²) in [4.78, 5) is 8.16. The molecule has 154 valence electrons. The van der Waals surface area contributed by atoms with Gasteiger partial charge in [-0.2, -0.15) is 0 Å². The Hall–Kier alpha value is -2.67. The number of fused-ring (bicyclic) bond motifs is 1. The highest BCUT2D eigenvalue weighted by Crippen LogP contribution is 2.34. The number of aromatic nitrogens is 2. The lowest BCUT2D eigenvalue weighted by molar-refractivity contribution is 0.137. The van der Waals surface area contributed by atoms with E-state index < -0.39 is 17.8 Å². The summed E-state index contributed by atoms with van der Waals surface area (Å²) in [5.74, 6) is -0.272. The Labute approximate surface area is 167 Å². The van der Waals surface area contributed by atoms with Gasteiger partial charge in [-0.3, -0.25) is 4.98 Å². The zero-order chi connectivity index (χ0) is 21.2. The number of nitrogens with two attached hydrogens (primary N) is 1. The van der Waals surface area contributed by atoms with Crippen molar-refractivity contribution in [3.8, 4) is 17.0 Å². The number of hydrogen-bond donors (Lipinski definition) is 1. The van der Waals surface area contributed by atoms with Crippen LogP contribution in [0.5, 0.6) is 5.88 Å². The number of hydrogen-bond acceptors (Lipinski definition) is 4. The van der Waals surface area contributed by atoms with Crippen molar-refractivity contribution in [1.82, 2.24) is 9.97 Å². The van der Waals surface area contributed by atoms with Gasteiger partial charge in [0.2, 0.25) is 5.88 Å². The van der Waals surface area contributed by atoms with Crippen LogP contribution in [0.25, 0.3) is 22.0 Å². The number of benzene rings is 1. The lowest BCUT2D eigenvalue weighted by atomic mass is 9.93. The summed E-state index contributed by atoms with van der Waals surface area (Å²) < 4.78 is 47.0. The van der Waals surface area contributed by atoms with Crippen molar-refractivity contribution in [3.05, 3.63) is 54.1 Å². The van der Waals surface area contributed by atoms with Gasteiger partial charge >= 0.3 is 0 Å². The van der Waals surface area contributed by atoms with Crippen LogP contribution in [-0.2, 0) is 0 Å². The molecule has 4 nitrogen and oxygen atoms in total. The molecule has 2 heterocycles. The van der Waals surface area contributed by atoms with E-state index in [2.05, 4.69) is 9.97 Å². The first-order valence-electron chi connectivity index (χ1n) is 9.41. The standard InChI is InChI=1S/C22H24F3N3O/c1-13(2)10-22(3,26)12-29-21-17(20(24)25)9-14(11-28-21)15-7-8-27-19-16(15)5-4-6-18(19)23/h4-9,11,13,20H,10,12,26H2,1-3H3/t22-/m0/s1. The van der Waals surface area contributed by atoms with Gasteiger partial charge in [-0.1, -0.05) is 26.0 Å². The number of halogens is 3. The van der Waals surface area contributed by atoms with Crippen molar-refractivity contribution in [2.45, 2.75) is 39.2 Å². The van der Waals surface area contributed by atoms with Crippen LogP contribution in [0, 0.1) is 11.7 Å². The Balaban J connectivity index is 1.96. The van der Waals surface area contributed by atoms with Gasteiger partial charge in [0.15, 0.2) is 0 Å². The van der Waals surface area contributed by atoms with E-state index in [1.807, 2.05) is 20.8 Å². The Kier molecular flexibility index (Phi) is 6.07. The van der Waals surface area contributed by atoms with Crippen LogP contribution >= 0.6 is 0 Å². The van der Waals surface area contributed by atoms with Gasteiger partial charge in [-0.05, 0) is 43.0 Å². The van der Waals surface area contributed by atoms with Gasteiger partial charge in [0.25, 0.3) is 6.43 Å². The normalized spacial score (nSPS) is 13.8. The van der Waals surface area contributed by atoms with Crippen molar-refractivity contribution in [2.75, 3.05) is 6.61 Å². The minimum atomic E-state index is -2.78. The molecule has 0 spiro atoms. The molecular weight excluding hydrogens is 379 g/mol. The Morgan fingerprint density at radius 3 is 2.62 bits per heavy atom. The first-order valence-corrected chi connectivity index (χ1v) is 9.41. The fourth-order valence-corrected chi connectivity index (χ4v) is 3.51. The fourth-order valence-electron chi connectivity index (χ4n) is 3.51. The largest absolute Gasteiger partial charge is 0.475 e. The molecule has 2 aromatic heterocycles. The summed E-state index contributed by atoms with van der Waals surface area (Å²) in [6.45, 7) is 5.96. The third-order valence-corrected chi connectivity index (χ3v) is 4.56. The molecule has 0 aliphatic rings. The molecule has 0 fully saturated rings. The average Bonchev–Trinajstić information content (AvgIpc) is 2.65. The molecular formula is C22H24F3N3O. The maximum absolute atomic E-state index is 14.0. The van der Waals surface area contributed by atoms with Crippen molar-refractivity contribution in [3.63, 3.8) is 0 Å². The molecule has 0 unspecified atom stereocenters. The second-order valence-corrected chi connectivity index (χ2v) is 7.95. The molecule has 0 amide bonds. The first-order chi connectivity index (χ1) is 13.7. The number of nitrogens with zero attached hydrogens (tertiary/aromatic N) is 2. The summed E-state index contributed by atoms with van der Waals surface area (Å²) in [5, 5.41) is 0.523. The van der Waals surface area contributed by atoms with E-state index in [-0.39, 0.29) is 23.6 Å². The van der Waals surface area contributed by atoms with Crippen LogP contribution < -0.4 is 10.5 Å². The van der Waals surface area contributed by atoms with E-state index in [0.29, 0.717) is 28.9 Å². The van der Waals surface area contributed by atoms with Gasteiger partial charge in [-0.15, -0.1) is 0 Å². The third-order valence-electron chi connectivity index (χ3n) is 4.56. The second-order valence-electron chi connectivity index (χ2n) is 7.95. The Morgan fingerprint density at radius 2 is 1.93 bits per heavy atom. The van der Waals surface area contributed by atoms with Crippen molar-refractivity contribution >= 4 is 10.9 Å². The van der Waals surface area contributed by atoms with E-state index >= 15 is 0 Å². The van der Waals surface area contributed by atoms with Crippen LogP contribution in [0.15, 0.2) is 42.7 Å². The summed E-state index contributed by atoms with van der Waals surface area (Å²) in [6.07, 6.45) is 0.788. The smallest absolute Gasteiger partial charge is 0.269 e. The molecule has 29 heavy (non-hydrogen) atoms. The topological polar surface area (TPSA) is 61.0 Å². The lowest BCUT2D eigenvalue weighted by Gasteiger charge is -2.26. The number of para-hydroxylation sites is 1. The summed E-state index contributed by atoms with van der Waals surface area (Å²) in [6, 6.07) is 7.52. The second kappa shape index (κ2) is 8.37. The maximum Gasteiger partial charge on any atom is 0.269 e. The maximum atomic E-state index is 14.0. The van der Waals surface area contributed by atoms with Gasteiger partial charge in [0.05, 0.1) is 5.56 Å². The van der Waals surface area contributed by atoms with Crippen molar-refractivity contribution < 1.29 is 17.9 Å². The molecule has 0 bridgehead atoms. The SMILES string of the molecule is CC(C)C[C@](C)(N)COc1ncc(-c2ccnc3c(F)cccc23)cc1C(F)F. The minimum Gasteiger partial charge on any atom is -0.475 e. The summed E-state index contributed by atoms with van der Waals surface area (Å²) in [7, 11) is 0.